The summed E-state index contributed by atoms with van der Waals surface area (Å²) < 4.78 is 5.04. The maximum absolute atomic E-state index is 11.8. The fraction of sp³-hybridized carbons (Fsp3) is 0.909. The van der Waals surface area contributed by atoms with Gasteiger partial charge in [0.05, 0.1) is 0 Å². The number of likely N-dealkylation sites (tertiary alicyclic amines) is 1. The molecule has 0 saturated carbocycles. The number of piperidine rings is 1. The van der Waals surface area contributed by atoms with Gasteiger partial charge in [0.1, 0.15) is 6.10 Å². The van der Waals surface area contributed by atoms with Crippen LogP contribution in [0.3, 0.4) is 0 Å². The first-order valence-corrected chi connectivity index (χ1v) is 5.36. The van der Waals surface area contributed by atoms with Crippen molar-refractivity contribution in [2.24, 2.45) is 11.8 Å². The van der Waals surface area contributed by atoms with Crippen LogP contribution in [0.1, 0.15) is 27.2 Å². The third-order valence-electron chi connectivity index (χ3n) is 2.88. The molecule has 0 aromatic rings. The Hall–Kier alpha value is -0.570. The molecule has 0 aromatic carbocycles. The number of carbonyl (C=O) groups is 1. The van der Waals surface area contributed by atoms with Gasteiger partial charge in [-0.15, -0.1) is 0 Å². The molecule has 0 spiro atoms. The molecule has 1 aliphatic heterocycles. The van der Waals surface area contributed by atoms with Gasteiger partial charge in [-0.05, 0) is 25.2 Å². The smallest absolute Gasteiger partial charge is 0.251 e. The number of ether oxygens (including phenoxy) is 1. The minimum atomic E-state index is -0.299. The zero-order valence-corrected chi connectivity index (χ0v) is 9.62. The monoisotopic (exact) mass is 199 g/mol. The normalized spacial score (nSPS) is 30.1. The van der Waals surface area contributed by atoms with E-state index in [4.69, 9.17) is 4.74 Å². The summed E-state index contributed by atoms with van der Waals surface area (Å²) in [7, 11) is 1.58. The van der Waals surface area contributed by atoms with Crippen LogP contribution in [0.5, 0.6) is 0 Å². The van der Waals surface area contributed by atoms with Crippen LogP contribution >= 0.6 is 0 Å². The van der Waals surface area contributed by atoms with E-state index in [1.165, 1.54) is 6.42 Å². The van der Waals surface area contributed by atoms with E-state index in [-0.39, 0.29) is 12.0 Å². The quantitative estimate of drug-likeness (QED) is 0.675. The topological polar surface area (TPSA) is 29.5 Å². The van der Waals surface area contributed by atoms with E-state index in [9.17, 15) is 4.79 Å². The van der Waals surface area contributed by atoms with Gasteiger partial charge in [-0.1, -0.05) is 13.8 Å². The summed E-state index contributed by atoms with van der Waals surface area (Å²) in [6, 6.07) is 0. The van der Waals surface area contributed by atoms with Gasteiger partial charge in [0.25, 0.3) is 5.91 Å². The van der Waals surface area contributed by atoms with E-state index >= 15 is 0 Å². The third-order valence-corrected chi connectivity index (χ3v) is 2.88. The summed E-state index contributed by atoms with van der Waals surface area (Å²) in [6.07, 6.45) is 0.929. The molecule has 1 heterocycles. The lowest BCUT2D eigenvalue weighted by Crippen LogP contribution is -2.46. The van der Waals surface area contributed by atoms with Crippen LogP contribution in [0, 0.1) is 11.8 Å². The summed E-state index contributed by atoms with van der Waals surface area (Å²) in [5.74, 6) is 1.37. The number of hydrogen-bond donors (Lipinski definition) is 0. The average molecular weight is 199 g/mol. The van der Waals surface area contributed by atoms with Crippen molar-refractivity contribution in [3.63, 3.8) is 0 Å². The van der Waals surface area contributed by atoms with Gasteiger partial charge in [0.15, 0.2) is 0 Å². The van der Waals surface area contributed by atoms with E-state index in [1.54, 1.807) is 7.11 Å². The second-order valence-corrected chi connectivity index (χ2v) is 4.57. The van der Waals surface area contributed by atoms with Gasteiger partial charge in [-0.25, -0.2) is 0 Å². The standard InChI is InChI=1S/C11H21NO2/c1-8-5-9(2)7-12(6-8)11(13)10(3)14-4/h8-10H,5-7H2,1-4H3. The Morgan fingerprint density at radius 2 is 1.86 bits per heavy atom. The molecule has 1 saturated heterocycles. The molecule has 1 aliphatic rings. The Kier molecular flexibility index (Phi) is 3.93. The summed E-state index contributed by atoms with van der Waals surface area (Å²) in [4.78, 5) is 13.8. The summed E-state index contributed by atoms with van der Waals surface area (Å²) in [6.45, 7) is 7.99. The number of amides is 1. The highest BCUT2D eigenvalue weighted by molar-refractivity contribution is 5.80. The molecule has 14 heavy (non-hydrogen) atoms. The second-order valence-electron chi connectivity index (χ2n) is 4.57. The minimum absolute atomic E-state index is 0.130. The number of hydrogen-bond acceptors (Lipinski definition) is 2. The van der Waals surface area contributed by atoms with Crippen LogP contribution in [0.4, 0.5) is 0 Å². The molecular formula is C11H21NO2. The summed E-state index contributed by atoms with van der Waals surface area (Å²) in [5, 5.41) is 0. The largest absolute Gasteiger partial charge is 0.372 e. The SMILES string of the molecule is COC(C)C(=O)N1CC(C)CC(C)C1. The summed E-state index contributed by atoms with van der Waals surface area (Å²) >= 11 is 0. The fourth-order valence-corrected chi connectivity index (χ4v) is 2.20. The van der Waals surface area contributed by atoms with E-state index in [0.29, 0.717) is 11.8 Å². The highest BCUT2D eigenvalue weighted by Crippen LogP contribution is 2.21. The maximum Gasteiger partial charge on any atom is 0.251 e. The summed E-state index contributed by atoms with van der Waals surface area (Å²) in [5.41, 5.74) is 0. The predicted molar refractivity (Wildman–Crippen MR) is 56.0 cm³/mol. The lowest BCUT2D eigenvalue weighted by Gasteiger charge is -2.36. The van der Waals surface area contributed by atoms with Crippen molar-refractivity contribution in [1.29, 1.82) is 0 Å². The molecule has 0 N–H and O–H groups in total. The minimum Gasteiger partial charge on any atom is -0.372 e. The van der Waals surface area contributed by atoms with Crippen molar-refractivity contribution in [3.05, 3.63) is 0 Å². The number of carbonyl (C=O) groups excluding carboxylic acids is 1. The molecule has 1 fully saturated rings. The first kappa shape index (κ1) is 11.5. The van der Waals surface area contributed by atoms with E-state index in [1.807, 2.05) is 11.8 Å². The molecule has 1 rings (SSSR count). The van der Waals surface area contributed by atoms with E-state index in [2.05, 4.69) is 13.8 Å². The molecule has 82 valence electrons. The van der Waals surface area contributed by atoms with Crippen LogP contribution in [-0.4, -0.2) is 37.1 Å². The maximum atomic E-state index is 11.8. The van der Waals surface area contributed by atoms with Crippen LogP contribution in [0.2, 0.25) is 0 Å². The van der Waals surface area contributed by atoms with Crippen LogP contribution in [0.25, 0.3) is 0 Å². The Morgan fingerprint density at radius 3 is 2.29 bits per heavy atom. The van der Waals surface area contributed by atoms with Crippen molar-refractivity contribution >= 4 is 5.91 Å². The van der Waals surface area contributed by atoms with Gasteiger partial charge in [-0.2, -0.15) is 0 Å². The van der Waals surface area contributed by atoms with E-state index in [0.717, 1.165) is 13.1 Å². The van der Waals surface area contributed by atoms with Crippen LogP contribution < -0.4 is 0 Å². The van der Waals surface area contributed by atoms with Crippen molar-refractivity contribution in [3.8, 4) is 0 Å². The number of rotatable bonds is 2. The first-order valence-electron chi connectivity index (χ1n) is 5.36. The lowest BCUT2D eigenvalue weighted by molar-refractivity contribution is -0.143. The van der Waals surface area contributed by atoms with Crippen molar-refractivity contribution in [1.82, 2.24) is 4.90 Å². The fourth-order valence-electron chi connectivity index (χ4n) is 2.20. The molecular weight excluding hydrogens is 178 g/mol. The Morgan fingerprint density at radius 1 is 1.36 bits per heavy atom. The lowest BCUT2D eigenvalue weighted by atomic mass is 9.91. The second kappa shape index (κ2) is 4.78. The van der Waals surface area contributed by atoms with Crippen LogP contribution in [-0.2, 0) is 9.53 Å². The Bertz CT molecular complexity index is 195. The van der Waals surface area contributed by atoms with Crippen LogP contribution in [0.15, 0.2) is 0 Å². The molecule has 3 nitrogen and oxygen atoms in total. The highest BCUT2D eigenvalue weighted by atomic mass is 16.5. The molecule has 0 aliphatic carbocycles. The zero-order valence-electron chi connectivity index (χ0n) is 9.62. The third kappa shape index (κ3) is 2.71. The van der Waals surface area contributed by atoms with Gasteiger partial charge < -0.3 is 9.64 Å². The van der Waals surface area contributed by atoms with Crippen molar-refractivity contribution in [2.45, 2.75) is 33.3 Å². The number of methoxy groups -OCH3 is 1. The molecule has 0 aromatic heterocycles. The molecule has 3 heteroatoms. The Labute approximate surface area is 86.4 Å². The van der Waals surface area contributed by atoms with E-state index < -0.39 is 0 Å². The predicted octanol–water partition coefficient (Wildman–Crippen LogP) is 1.53. The highest BCUT2D eigenvalue weighted by Gasteiger charge is 2.27. The molecule has 0 radical (unpaired) electrons. The Balaban J connectivity index is 2.54. The molecule has 3 atom stereocenters. The van der Waals surface area contributed by atoms with Crippen molar-refractivity contribution < 1.29 is 9.53 Å². The average Bonchev–Trinajstić information content (AvgIpc) is 2.14. The molecule has 0 bridgehead atoms. The van der Waals surface area contributed by atoms with Crippen molar-refractivity contribution in [2.75, 3.05) is 20.2 Å². The number of nitrogens with zero attached hydrogens (tertiary/aromatic N) is 1. The van der Waals surface area contributed by atoms with Gasteiger partial charge in [-0.3, -0.25) is 4.79 Å². The molecule has 1 amide bonds. The van der Waals surface area contributed by atoms with Gasteiger partial charge >= 0.3 is 0 Å². The zero-order chi connectivity index (χ0) is 10.7. The van der Waals surface area contributed by atoms with Gasteiger partial charge in [0, 0.05) is 20.2 Å². The van der Waals surface area contributed by atoms with Gasteiger partial charge in [0.2, 0.25) is 0 Å². The molecule has 3 unspecified atom stereocenters. The first-order chi connectivity index (χ1) is 6.54.